The first-order chi connectivity index (χ1) is 9.96. The minimum atomic E-state index is -0.669. The third-order valence-corrected chi connectivity index (χ3v) is 4.18. The standard InChI is InChI=1S/C19H23NO/c1-15-10-8-9-13-17(14-15)19(2,20(3)4)18(21)16-11-6-5-7-12-16/h5-15H,1-4H3. The third-order valence-electron chi connectivity index (χ3n) is 4.18. The van der Waals surface area contributed by atoms with Gasteiger partial charge in [-0.25, -0.2) is 0 Å². The van der Waals surface area contributed by atoms with Crippen LogP contribution in [0.3, 0.4) is 0 Å². The highest BCUT2D eigenvalue weighted by atomic mass is 16.1. The predicted octanol–water partition coefficient (Wildman–Crippen LogP) is 3.88. The van der Waals surface area contributed by atoms with Crippen molar-refractivity contribution in [2.45, 2.75) is 19.4 Å². The van der Waals surface area contributed by atoms with E-state index < -0.39 is 5.54 Å². The topological polar surface area (TPSA) is 20.3 Å². The van der Waals surface area contributed by atoms with E-state index in [0.717, 1.165) is 11.1 Å². The minimum Gasteiger partial charge on any atom is -0.293 e. The monoisotopic (exact) mass is 281 g/mol. The van der Waals surface area contributed by atoms with Crippen LogP contribution in [0.2, 0.25) is 0 Å². The van der Waals surface area contributed by atoms with Crippen molar-refractivity contribution in [1.29, 1.82) is 0 Å². The Bertz CT molecular complexity index is 595. The Morgan fingerprint density at radius 3 is 2.43 bits per heavy atom. The molecule has 1 aliphatic carbocycles. The molecule has 1 aromatic rings. The van der Waals surface area contributed by atoms with Gasteiger partial charge in [-0.3, -0.25) is 9.69 Å². The second-order valence-corrected chi connectivity index (χ2v) is 5.89. The molecule has 2 nitrogen and oxygen atoms in total. The largest absolute Gasteiger partial charge is 0.293 e. The molecule has 0 aromatic heterocycles. The van der Waals surface area contributed by atoms with Gasteiger partial charge in [0.15, 0.2) is 5.78 Å². The molecule has 2 unspecified atom stereocenters. The molecule has 0 aliphatic heterocycles. The van der Waals surface area contributed by atoms with Crippen molar-refractivity contribution < 1.29 is 4.79 Å². The van der Waals surface area contributed by atoms with Crippen LogP contribution < -0.4 is 0 Å². The quantitative estimate of drug-likeness (QED) is 0.781. The first-order valence-electron chi connectivity index (χ1n) is 7.30. The number of rotatable bonds is 4. The number of allylic oxidation sites excluding steroid dienone is 4. The minimum absolute atomic E-state index is 0.123. The van der Waals surface area contributed by atoms with Gasteiger partial charge < -0.3 is 0 Å². The average Bonchev–Trinajstić information content (AvgIpc) is 2.71. The maximum atomic E-state index is 13.1. The van der Waals surface area contributed by atoms with Crippen LogP contribution in [0.5, 0.6) is 0 Å². The second-order valence-electron chi connectivity index (χ2n) is 5.89. The molecule has 110 valence electrons. The summed E-state index contributed by atoms with van der Waals surface area (Å²) in [5.41, 5.74) is 1.12. The van der Waals surface area contributed by atoms with Crippen molar-refractivity contribution in [1.82, 2.24) is 4.90 Å². The number of carbonyl (C=O) groups excluding carboxylic acids is 1. The van der Waals surface area contributed by atoms with Crippen LogP contribution in [-0.4, -0.2) is 30.3 Å². The van der Waals surface area contributed by atoms with Gasteiger partial charge >= 0.3 is 0 Å². The normalized spacial score (nSPS) is 20.8. The molecule has 0 fully saturated rings. The van der Waals surface area contributed by atoms with Gasteiger partial charge in [-0.05, 0) is 32.5 Å². The van der Waals surface area contributed by atoms with Gasteiger partial charge in [0.1, 0.15) is 5.54 Å². The van der Waals surface area contributed by atoms with Crippen LogP contribution in [-0.2, 0) is 0 Å². The summed E-state index contributed by atoms with van der Waals surface area (Å²) in [6, 6.07) is 9.51. The summed E-state index contributed by atoms with van der Waals surface area (Å²) < 4.78 is 0. The van der Waals surface area contributed by atoms with Crippen LogP contribution in [0, 0.1) is 5.92 Å². The molecule has 1 aliphatic rings. The third kappa shape index (κ3) is 3.06. The van der Waals surface area contributed by atoms with Gasteiger partial charge in [0.2, 0.25) is 0 Å². The van der Waals surface area contributed by atoms with Gasteiger partial charge in [0, 0.05) is 5.56 Å². The van der Waals surface area contributed by atoms with Crippen molar-refractivity contribution in [3.8, 4) is 0 Å². The zero-order valence-corrected chi connectivity index (χ0v) is 13.2. The van der Waals surface area contributed by atoms with Gasteiger partial charge in [0.25, 0.3) is 0 Å². The fraction of sp³-hybridized carbons (Fsp3) is 0.316. The summed E-state index contributed by atoms with van der Waals surface area (Å²) in [6.07, 6.45) is 10.4. The lowest BCUT2D eigenvalue weighted by Gasteiger charge is -2.36. The van der Waals surface area contributed by atoms with Crippen molar-refractivity contribution in [3.05, 3.63) is 71.8 Å². The number of likely N-dealkylation sites (N-methyl/N-ethyl adjacent to an activating group) is 1. The number of hydrogen-bond donors (Lipinski definition) is 0. The summed E-state index contributed by atoms with van der Waals surface area (Å²) >= 11 is 0. The van der Waals surface area contributed by atoms with E-state index in [2.05, 4.69) is 19.1 Å². The van der Waals surface area contributed by atoms with Crippen molar-refractivity contribution in [2.75, 3.05) is 14.1 Å². The molecule has 0 saturated carbocycles. The molecule has 2 atom stereocenters. The molecule has 0 radical (unpaired) electrons. The summed E-state index contributed by atoms with van der Waals surface area (Å²) in [5, 5.41) is 0. The van der Waals surface area contributed by atoms with Crippen molar-refractivity contribution >= 4 is 5.78 Å². The van der Waals surface area contributed by atoms with Crippen LogP contribution in [0.15, 0.2) is 66.3 Å². The molecule has 0 amide bonds. The Kier molecular flexibility index (Phi) is 4.59. The molecular formula is C19H23NO. The fourth-order valence-electron chi connectivity index (χ4n) is 2.58. The molecule has 2 heteroatoms. The van der Waals surface area contributed by atoms with Gasteiger partial charge in [-0.15, -0.1) is 0 Å². The fourth-order valence-corrected chi connectivity index (χ4v) is 2.58. The number of benzene rings is 1. The van der Waals surface area contributed by atoms with Crippen molar-refractivity contribution in [2.24, 2.45) is 5.92 Å². The van der Waals surface area contributed by atoms with Crippen LogP contribution in [0.25, 0.3) is 0 Å². The number of carbonyl (C=O) groups is 1. The number of Topliss-reactive ketones (excluding diaryl/α,β-unsaturated/α-hetero) is 1. The highest BCUT2D eigenvalue weighted by Crippen LogP contribution is 2.30. The highest BCUT2D eigenvalue weighted by Gasteiger charge is 2.39. The molecule has 0 saturated heterocycles. The summed E-state index contributed by atoms with van der Waals surface area (Å²) in [5.74, 6) is 0.441. The average molecular weight is 281 g/mol. The Morgan fingerprint density at radius 2 is 1.81 bits per heavy atom. The lowest BCUT2D eigenvalue weighted by atomic mass is 9.81. The second kappa shape index (κ2) is 6.23. The number of ketones is 1. The summed E-state index contributed by atoms with van der Waals surface area (Å²) in [7, 11) is 3.91. The maximum Gasteiger partial charge on any atom is 0.187 e. The molecule has 0 heterocycles. The van der Waals surface area contributed by atoms with Crippen LogP contribution >= 0.6 is 0 Å². The Balaban J connectivity index is 2.49. The molecule has 21 heavy (non-hydrogen) atoms. The van der Waals surface area contributed by atoms with Crippen LogP contribution in [0.4, 0.5) is 0 Å². The number of nitrogens with zero attached hydrogens (tertiary/aromatic N) is 1. The Labute approximate surface area is 127 Å². The van der Waals surface area contributed by atoms with E-state index in [1.807, 2.05) is 74.5 Å². The summed E-state index contributed by atoms with van der Waals surface area (Å²) in [4.78, 5) is 15.1. The highest BCUT2D eigenvalue weighted by molar-refractivity contribution is 6.05. The summed E-state index contributed by atoms with van der Waals surface area (Å²) in [6.45, 7) is 4.13. The van der Waals surface area contributed by atoms with E-state index in [9.17, 15) is 4.79 Å². The smallest absolute Gasteiger partial charge is 0.187 e. The molecule has 0 N–H and O–H groups in total. The first kappa shape index (κ1) is 15.5. The van der Waals surface area contributed by atoms with E-state index in [-0.39, 0.29) is 5.78 Å². The lowest BCUT2D eigenvalue weighted by molar-refractivity contribution is 0.0789. The zero-order chi connectivity index (χ0) is 15.5. The predicted molar refractivity (Wildman–Crippen MR) is 88.4 cm³/mol. The van der Waals surface area contributed by atoms with Crippen molar-refractivity contribution in [3.63, 3.8) is 0 Å². The zero-order valence-electron chi connectivity index (χ0n) is 13.2. The van der Waals surface area contributed by atoms with E-state index >= 15 is 0 Å². The molecule has 2 rings (SSSR count). The van der Waals surface area contributed by atoms with Crippen LogP contribution in [0.1, 0.15) is 24.2 Å². The Morgan fingerprint density at radius 1 is 1.14 bits per heavy atom. The Hall–Kier alpha value is -1.93. The van der Waals surface area contributed by atoms with E-state index in [0.29, 0.717) is 5.92 Å². The van der Waals surface area contributed by atoms with E-state index in [1.54, 1.807) is 0 Å². The SMILES string of the molecule is CC1C=CC=CC(C(C)(C(=O)c2ccccc2)N(C)C)=C1. The molecule has 1 aromatic carbocycles. The maximum absolute atomic E-state index is 13.1. The molecule has 0 bridgehead atoms. The van der Waals surface area contributed by atoms with E-state index in [1.165, 1.54) is 0 Å². The van der Waals surface area contributed by atoms with Gasteiger partial charge in [-0.1, -0.05) is 67.6 Å². The molecular weight excluding hydrogens is 258 g/mol. The van der Waals surface area contributed by atoms with Gasteiger partial charge in [0.05, 0.1) is 0 Å². The van der Waals surface area contributed by atoms with E-state index in [4.69, 9.17) is 0 Å². The number of hydrogen-bond acceptors (Lipinski definition) is 2. The first-order valence-corrected chi connectivity index (χ1v) is 7.30. The lowest BCUT2D eigenvalue weighted by Crippen LogP contribution is -2.50. The molecule has 0 spiro atoms. The van der Waals surface area contributed by atoms with Gasteiger partial charge in [-0.2, -0.15) is 0 Å².